The molecule has 0 spiro atoms. The molecule has 4 heteroatoms. The first-order valence-corrected chi connectivity index (χ1v) is 8.33. The molecule has 1 aromatic rings. The molecular formula is C19H31F3O. The fourth-order valence-electron chi connectivity index (χ4n) is 1.74. The van der Waals surface area contributed by atoms with Crippen molar-refractivity contribution >= 4 is 0 Å². The molecule has 0 saturated carbocycles. The van der Waals surface area contributed by atoms with Gasteiger partial charge in [0.2, 0.25) is 0 Å². The molecular weight excluding hydrogens is 301 g/mol. The lowest BCUT2D eigenvalue weighted by Gasteiger charge is -2.11. The summed E-state index contributed by atoms with van der Waals surface area (Å²) in [5.41, 5.74) is 1.17. The van der Waals surface area contributed by atoms with Gasteiger partial charge in [0.25, 0.3) is 0 Å². The maximum absolute atomic E-state index is 11.9. The van der Waals surface area contributed by atoms with E-state index in [1.165, 1.54) is 5.56 Å². The van der Waals surface area contributed by atoms with Crippen LogP contribution < -0.4 is 4.74 Å². The van der Waals surface area contributed by atoms with E-state index in [0.29, 0.717) is 11.7 Å². The van der Waals surface area contributed by atoms with E-state index < -0.39 is 12.6 Å². The lowest BCUT2D eigenvalue weighted by Crippen LogP contribution is -2.09. The monoisotopic (exact) mass is 332 g/mol. The maximum Gasteiger partial charge on any atom is 0.389 e. The van der Waals surface area contributed by atoms with Crippen molar-refractivity contribution < 1.29 is 17.9 Å². The Kier molecular flexibility index (Phi) is 14.7. The topological polar surface area (TPSA) is 9.23 Å². The molecule has 1 nitrogen and oxygen atoms in total. The van der Waals surface area contributed by atoms with Crippen LogP contribution in [0, 0.1) is 0 Å². The van der Waals surface area contributed by atoms with E-state index in [4.69, 9.17) is 4.74 Å². The summed E-state index contributed by atoms with van der Waals surface area (Å²) in [5.74, 6) is 0.994. The molecule has 0 amide bonds. The fourth-order valence-corrected chi connectivity index (χ4v) is 1.74. The molecule has 0 bridgehead atoms. The molecule has 23 heavy (non-hydrogen) atoms. The van der Waals surface area contributed by atoms with Gasteiger partial charge in [-0.3, -0.25) is 0 Å². The standard InChI is InChI=1S/C15H19F3O.2C2H6/c1-3-5-12(2)13-6-8-14(9-7-13)19-11-4-10-15(16,17)18;2*1-2/h3,6-9,12H,1,4-5,10-11H2,2H3;2*1-2H3. The van der Waals surface area contributed by atoms with Crippen molar-refractivity contribution in [1.29, 1.82) is 0 Å². The van der Waals surface area contributed by atoms with Gasteiger partial charge >= 0.3 is 6.18 Å². The third kappa shape index (κ3) is 12.8. The molecule has 0 aliphatic rings. The Hall–Kier alpha value is -1.45. The summed E-state index contributed by atoms with van der Waals surface area (Å²) in [6.45, 7) is 13.9. The Bertz CT molecular complexity index is 383. The number of allylic oxidation sites excluding steroid dienone is 1. The SMILES string of the molecule is C=CCC(C)c1ccc(OCCCC(F)(F)F)cc1.CC.CC. The lowest BCUT2D eigenvalue weighted by atomic mass is 9.98. The van der Waals surface area contributed by atoms with E-state index in [1.54, 1.807) is 12.1 Å². The summed E-state index contributed by atoms with van der Waals surface area (Å²) < 4.78 is 41.1. The number of halogens is 3. The number of rotatable bonds is 7. The normalized spacial score (nSPS) is 11.3. The first kappa shape index (κ1) is 23.8. The van der Waals surface area contributed by atoms with Crippen LogP contribution in [-0.2, 0) is 0 Å². The summed E-state index contributed by atoms with van der Waals surface area (Å²) in [6, 6.07) is 7.46. The van der Waals surface area contributed by atoms with Gasteiger partial charge in [-0.05, 0) is 36.5 Å². The summed E-state index contributed by atoms with van der Waals surface area (Å²) >= 11 is 0. The van der Waals surface area contributed by atoms with Crippen LogP contribution in [0.3, 0.4) is 0 Å². The molecule has 0 fully saturated rings. The summed E-state index contributed by atoms with van der Waals surface area (Å²) in [5, 5.41) is 0. The van der Waals surface area contributed by atoms with E-state index in [2.05, 4.69) is 13.5 Å². The van der Waals surface area contributed by atoms with Crippen LogP contribution >= 0.6 is 0 Å². The van der Waals surface area contributed by atoms with Crippen LogP contribution in [-0.4, -0.2) is 12.8 Å². The largest absolute Gasteiger partial charge is 0.494 e. The van der Waals surface area contributed by atoms with Gasteiger partial charge in [0.05, 0.1) is 6.61 Å². The quantitative estimate of drug-likeness (QED) is 0.381. The molecule has 134 valence electrons. The second-order valence-electron chi connectivity index (χ2n) is 4.56. The number of alkyl halides is 3. The molecule has 1 rings (SSSR count). The Morgan fingerprint density at radius 1 is 1.09 bits per heavy atom. The minimum Gasteiger partial charge on any atom is -0.494 e. The number of hydrogen-bond acceptors (Lipinski definition) is 1. The van der Waals surface area contributed by atoms with Crippen molar-refractivity contribution in [2.45, 2.75) is 66.0 Å². The second kappa shape index (κ2) is 14.2. The van der Waals surface area contributed by atoms with Crippen molar-refractivity contribution in [3.05, 3.63) is 42.5 Å². The summed E-state index contributed by atoms with van der Waals surface area (Å²) in [6.07, 6.45) is -2.16. The summed E-state index contributed by atoms with van der Waals surface area (Å²) in [4.78, 5) is 0. The zero-order chi connectivity index (χ0) is 18.3. The molecule has 0 aromatic heterocycles. The number of hydrogen-bond donors (Lipinski definition) is 0. The van der Waals surface area contributed by atoms with Gasteiger partial charge in [0.1, 0.15) is 5.75 Å². The van der Waals surface area contributed by atoms with Crippen LogP contribution in [0.25, 0.3) is 0 Å². The minimum atomic E-state index is -4.10. The predicted molar refractivity (Wildman–Crippen MR) is 93.2 cm³/mol. The molecule has 0 heterocycles. The van der Waals surface area contributed by atoms with E-state index in [1.807, 2.05) is 45.9 Å². The van der Waals surface area contributed by atoms with Crippen molar-refractivity contribution in [2.75, 3.05) is 6.61 Å². The van der Waals surface area contributed by atoms with Crippen LogP contribution in [0.4, 0.5) is 13.2 Å². The zero-order valence-corrected chi connectivity index (χ0v) is 15.0. The first-order chi connectivity index (χ1) is 10.9. The molecule has 0 aliphatic carbocycles. The predicted octanol–water partition coefficient (Wildman–Crippen LogP) is 7.14. The summed E-state index contributed by atoms with van der Waals surface area (Å²) in [7, 11) is 0. The zero-order valence-electron chi connectivity index (χ0n) is 15.0. The molecule has 1 aromatic carbocycles. The van der Waals surface area contributed by atoms with E-state index in [-0.39, 0.29) is 13.0 Å². The number of benzene rings is 1. The molecule has 1 unspecified atom stereocenters. The van der Waals surface area contributed by atoms with Gasteiger partial charge in [-0.15, -0.1) is 6.58 Å². The van der Waals surface area contributed by atoms with E-state index >= 15 is 0 Å². The van der Waals surface area contributed by atoms with Crippen LogP contribution in [0.5, 0.6) is 5.75 Å². The average molecular weight is 332 g/mol. The van der Waals surface area contributed by atoms with E-state index in [0.717, 1.165) is 6.42 Å². The highest BCUT2D eigenvalue weighted by molar-refractivity contribution is 5.29. The first-order valence-electron chi connectivity index (χ1n) is 8.33. The Morgan fingerprint density at radius 3 is 2.04 bits per heavy atom. The second-order valence-corrected chi connectivity index (χ2v) is 4.56. The molecule has 0 N–H and O–H groups in total. The van der Waals surface area contributed by atoms with Crippen LogP contribution in [0.2, 0.25) is 0 Å². The van der Waals surface area contributed by atoms with Gasteiger partial charge in [-0.25, -0.2) is 0 Å². The van der Waals surface area contributed by atoms with Crippen molar-refractivity contribution in [3.8, 4) is 5.75 Å². The highest BCUT2D eigenvalue weighted by atomic mass is 19.4. The molecule has 0 aliphatic heterocycles. The molecule has 1 atom stereocenters. The molecule has 0 radical (unpaired) electrons. The average Bonchev–Trinajstić information content (AvgIpc) is 2.55. The Balaban J connectivity index is 0. The highest BCUT2D eigenvalue weighted by Crippen LogP contribution is 2.23. The third-order valence-electron chi connectivity index (χ3n) is 2.84. The smallest absolute Gasteiger partial charge is 0.389 e. The minimum absolute atomic E-state index is 0.0158. The van der Waals surface area contributed by atoms with Gasteiger partial charge < -0.3 is 4.74 Å². The fraction of sp³-hybridized carbons (Fsp3) is 0.579. The maximum atomic E-state index is 11.9. The highest BCUT2D eigenvalue weighted by Gasteiger charge is 2.26. The van der Waals surface area contributed by atoms with Crippen LogP contribution in [0.15, 0.2) is 36.9 Å². The van der Waals surface area contributed by atoms with Gasteiger partial charge in [0, 0.05) is 6.42 Å². The molecule has 0 saturated heterocycles. The van der Waals surface area contributed by atoms with Crippen LogP contribution in [0.1, 0.15) is 65.4 Å². The van der Waals surface area contributed by atoms with Crippen molar-refractivity contribution in [1.82, 2.24) is 0 Å². The van der Waals surface area contributed by atoms with Gasteiger partial charge in [-0.2, -0.15) is 13.2 Å². The number of ether oxygens (including phenoxy) is 1. The Labute approximate surface area is 139 Å². The van der Waals surface area contributed by atoms with Crippen molar-refractivity contribution in [2.24, 2.45) is 0 Å². The lowest BCUT2D eigenvalue weighted by molar-refractivity contribution is -0.136. The third-order valence-corrected chi connectivity index (χ3v) is 2.84. The van der Waals surface area contributed by atoms with E-state index in [9.17, 15) is 13.2 Å². The van der Waals surface area contributed by atoms with Gasteiger partial charge in [0.15, 0.2) is 0 Å². The van der Waals surface area contributed by atoms with Gasteiger partial charge in [-0.1, -0.05) is 52.8 Å². The Morgan fingerprint density at radius 2 is 1.61 bits per heavy atom. The van der Waals surface area contributed by atoms with Crippen molar-refractivity contribution in [3.63, 3.8) is 0 Å².